The highest BCUT2D eigenvalue weighted by atomic mass is 16.5. The molecular weight excluding hydrogens is 234 g/mol. The normalized spacial score (nSPS) is 31.1. The molecule has 3 aliphatic rings. The summed E-state index contributed by atoms with van der Waals surface area (Å²) in [5, 5.41) is 3.58. The van der Waals surface area contributed by atoms with Crippen molar-refractivity contribution in [3.8, 4) is 0 Å². The Hall–Kier alpha value is -0.340. The third-order valence-electron chi connectivity index (χ3n) is 5.03. The number of hydrogen-bond acceptors (Lipinski definition) is 2. The Morgan fingerprint density at radius 2 is 1.95 bits per heavy atom. The maximum Gasteiger partial charge on any atom is 0.0688 e. The molecule has 1 heterocycles. The molecule has 1 N–H and O–H groups in total. The molecule has 1 spiro atoms. The SMILES string of the molecule is C(=CC1CCOC2(CCCCC2)C1)CCNC1CC1. The highest BCUT2D eigenvalue weighted by Gasteiger charge is 2.37. The van der Waals surface area contributed by atoms with E-state index in [1.54, 1.807) is 0 Å². The first-order chi connectivity index (χ1) is 9.36. The topological polar surface area (TPSA) is 21.3 Å². The van der Waals surface area contributed by atoms with Crippen molar-refractivity contribution in [1.29, 1.82) is 0 Å². The lowest BCUT2D eigenvalue weighted by Gasteiger charge is -2.43. The minimum absolute atomic E-state index is 0.262. The quantitative estimate of drug-likeness (QED) is 0.601. The van der Waals surface area contributed by atoms with Crippen molar-refractivity contribution in [1.82, 2.24) is 5.32 Å². The lowest BCUT2D eigenvalue weighted by Crippen LogP contribution is -2.41. The van der Waals surface area contributed by atoms with Gasteiger partial charge in [0, 0.05) is 12.6 Å². The first-order valence-electron chi connectivity index (χ1n) is 8.40. The summed E-state index contributed by atoms with van der Waals surface area (Å²) in [6, 6.07) is 0.849. The third-order valence-corrected chi connectivity index (χ3v) is 5.03. The summed E-state index contributed by atoms with van der Waals surface area (Å²) in [5.74, 6) is 0.771. The Morgan fingerprint density at radius 3 is 2.74 bits per heavy atom. The number of nitrogens with one attached hydrogen (secondary N) is 1. The van der Waals surface area contributed by atoms with E-state index in [1.807, 2.05) is 0 Å². The molecule has 19 heavy (non-hydrogen) atoms. The van der Waals surface area contributed by atoms with E-state index in [9.17, 15) is 0 Å². The Morgan fingerprint density at radius 1 is 1.11 bits per heavy atom. The van der Waals surface area contributed by atoms with Crippen molar-refractivity contribution in [2.24, 2.45) is 5.92 Å². The second-order valence-corrected chi connectivity index (χ2v) is 6.79. The summed E-state index contributed by atoms with van der Waals surface area (Å²) in [5.41, 5.74) is 0.262. The van der Waals surface area contributed by atoms with Gasteiger partial charge in [0.1, 0.15) is 0 Å². The molecule has 0 radical (unpaired) electrons. The van der Waals surface area contributed by atoms with Crippen molar-refractivity contribution in [3.05, 3.63) is 12.2 Å². The van der Waals surface area contributed by atoms with Crippen LogP contribution in [0.5, 0.6) is 0 Å². The summed E-state index contributed by atoms with van der Waals surface area (Å²) in [6.07, 6.45) is 18.2. The molecule has 1 aliphatic heterocycles. The van der Waals surface area contributed by atoms with Gasteiger partial charge in [0.2, 0.25) is 0 Å². The summed E-state index contributed by atoms with van der Waals surface area (Å²) >= 11 is 0. The van der Waals surface area contributed by atoms with Crippen LogP contribution in [0.15, 0.2) is 12.2 Å². The molecule has 0 bridgehead atoms. The predicted octanol–water partition coefficient (Wildman–Crippen LogP) is 3.81. The monoisotopic (exact) mass is 263 g/mol. The van der Waals surface area contributed by atoms with Gasteiger partial charge in [-0.15, -0.1) is 0 Å². The minimum atomic E-state index is 0.262. The predicted molar refractivity (Wildman–Crippen MR) is 79.3 cm³/mol. The zero-order valence-corrected chi connectivity index (χ0v) is 12.2. The van der Waals surface area contributed by atoms with Gasteiger partial charge in [-0.2, -0.15) is 0 Å². The average Bonchev–Trinajstić information content (AvgIpc) is 3.24. The van der Waals surface area contributed by atoms with Crippen LogP contribution in [-0.4, -0.2) is 24.8 Å². The summed E-state index contributed by atoms with van der Waals surface area (Å²) in [7, 11) is 0. The molecule has 0 aromatic rings. The van der Waals surface area contributed by atoms with E-state index in [0.717, 1.165) is 25.1 Å². The maximum atomic E-state index is 6.16. The number of hydrogen-bond donors (Lipinski definition) is 1. The average molecular weight is 263 g/mol. The van der Waals surface area contributed by atoms with Crippen LogP contribution in [0.25, 0.3) is 0 Å². The highest BCUT2D eigenvalue weighted by Crippen LogP contribution is 2.40. The van der Waals surface area contributed by atoms with Crippen LogP contribution in [0.1, 0.15) is 64.2 Å². The summed E-state index contributed by atoms with van der Waals surface area (Å²) in [4.78, 5) is 0. The molecule has 1 unspecified atom stereocenters. The zero-order chi connectivity index (χ0) is 13.0. The second-order valence-electron chi connectivity index (χ2n) is 6.79. The van der Waals surface area contributed by atoms with Gasteiger partial charge in [-0.1, -0.05) is 31.4 Å². The van der Waals surface area contributed by atoms with Crippen LogP contribution in [0.4, 0.5) is 0 Å². The molecule has 0 amide bonds. The van der Waals surface area contributed by atoms with Crippen LogP contribution >= 0.6 is 0 Å². The summed E-state index contributed by atoms with van der Waals surface area (Å²) in [6.45, 7) is 2.14. The smallest absolute Gasteiger partial charge is 0.0688 e. The third kappa shape index (κ3) is 4.06. The lowest BCUT2D eigenvalue weighted by atomic mass is 9.76. The first kappa shape index (κ1) is 13.6. The maximum absolute atomic E-state index is 6.16. The molecule has 3 rings (SSSR count). The highest BCUT2D eigenvalue weighted by molar-refractivity contribution is 4.98. The van der Waals surface area contributed by atoms with E-state index in [0.29, 0.717) is 0 Å². The van der Waals surface area contributed by atoms with E-state index < -0.39 is 0 Å². The molecule has 0 aromatic heterocycles. The van der Waals surface area contributed by atoms with Crippen LogP contribution < -0.4 is 5.32 Å². The van der Waals surface area contributed by atoms with Gasteiger partial charge in [0.05, 0.1) is 5.60 Å². The fraction of sp³-hybridized carbons (Fsp3) is 0.882. The summed E-state index contributed by atoms with van der Waals surface area (Å²) < 4.78 is 6.16. The molecule has 1 saturated heterocycles. The molecule has 0 aromatic carbocycles. The fourth-order valence-corrected chi connectivity index (χ4v) is 3.72. The molecule has 2 nitrogen and oxygen atoms in total. The molecule has 2 saturated carbocycles. The van der Waals surface area contributed by atoms with Crippen LogP contribution in [0.2, 0.25) is 0 Å². The molecule has 3 fully saturated rings. The standard InChI is InChI=1S/C17H29NO/c1-3-10-17(11-4-1)14-15(9-13-19-17)6-2-5-12-18-16-7-8-16/h2,6,15-16,18H,1,3-5,7-14H2. The number of allylic oxidation sites excluding steroid dienone is 1. The van der Waals surface area contributed by atoms with Crippen molar-refractivity contribution < 1.29 is 4.74 Å². The van der Waals surface area contributed by atoms with Crippen LogP contribution in [0.3, 0.4) is 0 Å². The van der Waals surface area contributed by atoms with Crippen molar-refractivity contribution >= 4 is 0 Å². The Bertz CT molecular complexity index is 297. The van der Waals surface area contributed by atoms with Gasteiger partial charge in [-0.05, 0) is 57.4 Å². The van der Waals surface area contributed by atoms with Gasteiger partial charge in [-0.3, -0.25) is 0 Å². The van der Waals surface area contributed by atoms with Gasteiger partial charge in [-0.25, -0.2) is 0 Å². The van der Waals surface area contributed by atoms with E-state index in [-0.39, 0.29) is 5.60 Å². The number of ether oxygens (including phenoxy) is 1. The van der Waals surface area contributed by atoms with Gasteiger partial charge >= 0.3 is 0 Å². The Labute approximate surface area is 118 Å². The Balaban J connectivity index is 1.40. The van der Waals surface area contributed by atoms with Gasteiger partial charge in [0.15, 0.2) is 0 Å². The molecular formula is C17H29NO. The van der Waals surface area contributed by atoms with Gasteiger partial charge < -0.3 is 10.1 Å². The van der Waals surface area contributed by atoms with Crippen molar-refractivity contribution in [3.63, 3.8) is 0 Å². The van der Waals surface area contributed by atoms with E-state index in [2.05, 4.69) is 17.5 Å². The molecule has 2 aliphatic carbocycles. The fourth-order valence-electron chi connectivity index (χ4n) is 3.72. The van der Waals surface area contributed by atoms with E-state index >= 15 is 0 Å². The molecule has 108 valence electrons. The van der Waals surface area contributed by atoms with Crippen molar-refractivity contribution in [2.75, 3.05) is 13.2 Å². The zero-order valence-electron chi connectivity index (χ0n) is 12.2. The second kappa shape index (κ2) is 6.41. The molecule has 1 atom stereocenters. The minimum Gasteiger partial charge on any atom is -0.375 e. The van der Waals surface area contributed by atoms with E-state index in [1.165, 1.54) is 64.2 Å². The molecule has 2 heteroatoms. The van der Waals surface area contributed by atoms with Crippen LogP contribution in [-0.2, 0) is 4.74 Å². The van der Waals surface area contributed by atoms with Gasteiger partial charge in [0.25, 0.3) is 0 Å². The largest absolute Gasteiger partial charge is 0.375 e. The lowest BCUT2D eigenvalue weighted by molar-refractivity contribution is -0.111. The Kier molecular flexibility index (Phi) is 4.60. The first-order valence-corrected chi connectivity index (χ1v) is 8.40. The van der Waals surface area contributed by atoms with Crippen LogP contribution in [0, 0.1) is 5.92 Å². The number of rotatable bonds is 5. The van der Waals surface area contributed by atoms with E-state index in [4.69, 9.17) is 4.74 Å². The van der Waals surface area contributed by atoms with Crippen molar-refractivity contribution in [2.45, 2.75) is 75.9 Å².